The van der Waals surface area contributed by atoms with Crippen LogP contribution in [0.2, 0.25) is 0 Å². The van der Waals surface area contributed by atoms with Gasteiger partial charge in [0.25, 0.3) is 5.91 Å². The van der Waals surface area contributed by atoms with Gasteiger partial charge in [-0.3, -0.25) is 14.2 Å². The van der Waals surface area contributed by atoms with Gasteiger partial charge in [0.15, 0.2) is 0 Å². The molecule has 4 rings (SSSR count). The van der Waals surface area contributed by atoms with Gasteiger partial charge in [0, 0.05) is 31.0 Å². The molecule has 6 nitrogen and oxygen atoms in total. The summed E-state index contributed by atoms with van der Waals surface area (Å²) in [6.45, 7) is 2.15. The van der Waals surface area contributed by atoms with E-state index in [0.717, 1.165) is 5.56 Å². The van der Waals surface area contributed by atoms with Crippen molar-refractivity contribution in [3.05, 3.63) is 54.5 Å². The minimum Gasteiger partial charge on any atom is -0.378 e. The van der Waals surface area contributed by atoms with E-state index in [0.29, 0.717) is 43.3 Å². The summed E-state index contributed by atoms with van der Waals surface area (Å²) in [6.07, 6.45) is 4.98. The Bertz CT molecular complexity index is 885. The van der Waals surface area contributed by atoms with Crippen molar-refractivity contribution < 1.29 is 13.9 Å². The zero-order valence-electron chi connectivity index (χ0n) is 12.9. The average molecular weight is 326 g/mol. The number of ether oxygens (including phenoxy) is 1. The van der Waals surface area contributed by atoms with E-state index in [9.17, 15) is 9.18 Å². The second kappa shape index (κ2) is 6.01. The molecule has 0 radical (unpaired) electrons. The Morgan fingerprint density at radius 1 is 1.17 bits per heavy atom. The molecule has 1 aliphatic rings. The Labute approximate surface area is 137 Å². The molecule has 3 aromatic rings. The highest BCUT2D eigenvalue weighted by Gasteiger charge is 2.24. The van der Waals surface area contributed by atoms with Crippen molar-refractivity contribution >= 4 is 11.4 Å². The van der Waals surface area contributed by atoms with Crippen LogP contribution in [0.1, 0.15) is 10.6 Å². The van der Waals surface area contributed by atoms with E-state index in [1.807, 2.05) is 0 Å². The number of aromatic nitrogens is 3. The molecule has 1 fully saturated rings. The predicted molar refractivity (Wildman–Crippen MR) is 85.1 cm³/mol. The summed E-state index contributed by atoms with van der Waals surface area (Å²) in [5.41, 5.74) is 2.06. The van der Waals surface area contributed by atoms with Crippen molar-refractivity contribution in [1.29, 1.82) is 0 Å². The van der Waals surface area contributed by atoms with Crippen LogP contribution >= 0.6 is 0 Å². The van der Waals surface area contributed by atoms with Gasteiger partial charge in [-0.15, -0.1) is 0 Å². The number of hydrogen-bond donors (Lipinski definition) is 0. The first-order valence-corrected chi connectivity index (χ1v) is 7.69. The Morgan fingerprint density at radius 2 is 1.92 bits per heavy atom. The van der Waals surface area contributed by atoms with E-state index in [1.54, 1.807) is 40.0 Å². The zero-order chi connectivity index (χ0) is 16.5. The molecule has 3 heterocycles. The Hall–Kier alpha value is -2.80. The molecule has 0 atom stereocenters. The number of carbonyl (C=O) groups excluding carboxylic acids is 1. The van der Waals surface area contributed by atoms with Crippen LogP contribution in [0.5, 0.6) is 0 Å². The maximum Gasteiger partial charge on any atom is 0.290 e. The lowest BCUT2D eigenvalue weighted by Gasteiger charge is -2.26. The lowest BCUT2D eigenvalue weighted by atomic mass is 10.1. The molecule has 1 saturated heterocycles. The normalized spacial score (nSPS) is 15.0. The third-order valence-electron chi connectivity index (χ3n) is 4.05. The van der Waals surface area contributed by atoms with Crippen molar-refractivity contribution in [2.45, 2.75) is 0 Å². The summed E-state index contributed by atoms with van der Waals surface area (Å²) < 4.78 is 20.2. The van der Waals surface area contributed by atoms with Crippen LogP contribution in [0.3, 0.4) is 0 Å². The highest BCUT2D eigenvalue weighted by Crippen LogP contribution is 2.25. The fourth-order valence-corrected chi connectivity index (χ4v) is 2.82. The first-order chi connectivity index (χ1) is 11.7. The van der Waals surface area contributed by atoms with Crippen LogP contribution < -0.4 is 0 Å². The van der Waals surface area contributed by atoms with E-state index in [-0.39, 0.29) is 11.7 Å². The lowest BCUT2D eigenvalue weighted by molar-refractivity contribution is 0.0294. The number of rotatable bonds is 2. The molecule has 2 aromatic heterocycles. The van der Waals surface area contributed by atoms with Crippen LogP contribution in [-0.4, -0.2) is 51.5 Å². The molecule has 24 heavy (non-hydrogen) atoms. The molecule has 0 bridgehead atoms. The van der Waals surface area contributed by atoms with Crippen LogP contribution in [0.25, 0.3) is 16.8 Å². The fourth-order valence-electron chi connectivity index (χ4n) is 2.82. The maximum atomic E-state index is 13.2. The van der Waals surface area contributed by atoms with Gasteiger partial charge in [0.05, 0.1) is 30.6 Å². The highest BCUT2D eigenvalue weighted by atomic mass is 19.1. The molecule has 0 saturated carbocycles. The van der Waals surface area contributed by atoms with E-state index in [1.165, 1.54) is 12.1 Å². The monoisotopic (exact) mass is 326 g/mol. The molecular formula is C17H15FN4O2. The largest absolute Gasteiger partial charge is 0.378 e. The Kier molecular flexibility index (Phi) is 3.70. The van der Waals surface area contributed by atoms with E-state index >= 15 is 0 Å². The first kappa shape index (κ1) is 14.8. The number of hydrogen-bond acceptors (Lipinski definition) is 4. The molecule has 7 heteroatoms. The second-order valence-electron chi connectivity index (χ2n) is 5.53. The topological polar surface area (TPSA) is 59.7 Å². The van der Waals surface area contributed by atoms with Gasteiger partial charge in [0.1, 0.15) is 5.82 Å². The van der Waals surface area contributed by atoms with Crippen LogP contribution in [-0.2, 0) is 4.74 Å². The number of halogens is 1. The van der Waals surface area contributed by atoms with Gasteiger partial charge in [-0.2, -0.15) is 0 Å². The van der Waals surface area contributed by atoms with Gasteiger partial charge < -0.3 is 9.64 Å². The SMILES string of the molecule is O=C(c1nc(-c2ccc(F)cc2)c2cnccn12)N1CCOCC1. The molecule has 0 unspecified atom stereocenters. The lowest BCUT2D eigenvalue weighted by Crippen LogP contribution is -2.41. The maximum absolute atomic E-state index is 13.2. The van der Waals surface area contributed by atoms with Gasteiger partial charge in [-0.05, 0) is 24.3 Å². The number of morpholine rings is 1. The third-order valence-corrected chi connectivity index (χ3v) is 4.05. The zero-order valence-corrected chi connectivity index (χ0v) is 12.9. The summed E-state index contributed by atoms with van der Waals surface area (Å²) in [6, 6.07) is 6.04. The fraction of sp³-hybridized carbons (Fsp3) is 0.235. The minimum absolute atomic E-state index is 0.145. The van der Waals surface area contributed by atoms with Crippen molar-refractivity contribution in [3.63, 3.8) is 0 Å². The van der Waals surface area contributed by atoms with E-state index < -0.39 is 0 Å². The molecule has 0 aliphatic carbocycles. The molecule has 0 spiro atoms. The highest BCUT2D eigenvalue weighted by molar-refractivity contribution is 5.94. The van der Waals surface area contributed by atoms with Gasteiger partial charge in [-0.25, -0.2) is 9.37 Å². The quantitative estimate of drug-likeness (QED) is 0.723. The van der Waals surface area contributed by atoms with Crippen molar-refractivity contribution in [3.8, 4) is 11.3 Å². The van der Waals surface area contributed by atoms with Gasteiger partial charge in [0.2, 0.25) is 5.82 Å². The third kappa shape index (κ3) is 2.52. The number of amides is 1. The van der Waals surface area contributed by atoms with Gasteiger partial charge >= 0.3 is 0 Å². The van der Waals surface area contributed by atoms with Gasteiger partial charge in [-0.1, -0.05) is 0 Å². The molecule has 1 amide bonds. The van der Waals surface area contributed by atoms with Crippen molar-refractivity contribution in [2.75, 3.05) is 26.3 Å². The number of nitrogens with zero attached hydrogens (tertiary/aromatic N) is 4. The van der Waals surface area contributed by atoms with E-state index in [4.69, 9.17) is 4.74 Å². The summed E-state index contributed by atoms with van der Waals surface area (Å²) in [5.74, 6) is -0.133. The number of fused-ring (bicyclic) bond motifs is 1. The Morgan fingerprint density at radius 3 is 2.67 bits per heavy atom. The first-order valence-electron chi connectivity index (χ1n) is 7.69. The molecule has 1 aliphatic heterocycles. The van der Waals surface area contributed by atoms with Crippen molar-refractivity contribution in [1.82, 2.24) is 19.3 Å². The predicted octanol–water partition coefficient (Wildman–Crippen LogP) is 2.01. The summed E-state index contributed by atoms with van der Waals surface area (Å²) in [7, 11) is 0. The van der Waals surface area contributed by atoms with E-state index in [2.05, 4.69) is 9.97 Å². The number of imidazole rings is 1. The van der Waals surface area contributed by atoms with Crippen LogP contribution in [0, 0.1) is 5.82 Å². The summed E-state index contributed by atoms with van der Waals surface area (Å²) in [4.78, 5) is 23.2. The molecule has 122 valence electrons. The van der Waals surface area contributed by atoms with Crippen LogP contribution in [0.15, 0.2) is 42.9 Å². The standard InChI is InChI=1S/C17H15FN4O2/c18-13-3-1-12(2-4-13)15-14-11-19-5-6-22(14)16(20-15)17(23)21-7-9-24-10-8-21/h1-6,11H,7-10H2. The second-order valence-corrected chi connectivity index (χ2v) is 5.53. The minimum atomic E-state index is -0.315. The van der Waals surface area contributed by atoms with Crippen molar-refractivity contribution in [2.24, 2.45) is 0 Å². The summed E-state index contributed by atoms with van der Waals surface area (Å²) >= 11 is 0. The smallest absolute Gasteiger partial charge is 0.290 e. The Balaban J connectivity index is 1.82. The number of benzene rings is 1. The molecule has 1 aromatic carbocycles. The van der Waals surface area contributed by atoms with Crippen LogP contribution in [0.4, 0.5) is 4.39 Å². The molecular weight excluding hydrogens is 311 g/mol. The summed E-state index contributed by atoms with van der Waals surface area (Å²) in [5, 5.41) is 0. The number of carbonyl (C=O) groups is 1. The average Bonchev–Trinajstić information content (AvgIpc) is 3.02. The molecule has 0 N–H and O–H groups in total.